The average molecular weight is 270 g/mol. The summed E-state index contributed by atoms with van der Waals surface area (Å²) in [4.78, 5) is 0. The predicted molar refractivity (Wildman–Crippen MR) is 78.3 cm³/mol. The first-order valence-corrected chi connectivity index (χ1v) is 6.50. The highest BCUT2D eigenvalue weighted by Crippen LogP contribution is 2.36. The molecule has 1 fully saturated rings. The number of benzene rings is 1. The van der Waals surface area contributed by atoms with Crippen molar-refractivity contribution in [3.63, 3.8) is 0 Å². The van der Waals surface area contributed by atoms with Crippen LogP contribution < -0.4 is 10.5 Å². The van der Waals surface area contributed by atoms with Gasteiger partial charge in [-0.3, -0.25) is 0 Å². The van der Waals surface area contributed by atoms with Gasteiger partial charge in [-0.15, -0.1) is 12.4 Å². The Kier molecular flexibility index (Phi) is 5.06. The fourth-order valence-electron chi connectivity index (χ4n) is 2.18. The van der Waals surface area contributed by atoms with Crippen molar-refractivity contribution in [2.45, 2.75) is 51.7 Å². The van der Waals surface area contributed by atoms with Gasteiger partial charge in [0.25, 0.3) is 0 Å². The minimum absolute atomic E-state index is 0. The molecule has 0 unspecified atom stereocenters. The van der Waals surface area contributed by atoms with Crippen molar-refractivity contribution in [1.29, 1.82) is 0 Å². The second-order valence-corrected chi connectivity index (χ2v) is 6.00. The number of nitrogens with two attached hydrogens (primary N) is 1. The van der Waals surface area contributed by atoms with Gasteiger partial charge in [-0.1, -0.05) is 18.6 Å². The van der Waals surface area contributed by atoms with Crippen molar-refractivity contribution in [3.05, 3.63) is 29.8 Å². The second kappa shape index (κ2) is 5.94. The van der Waals surface area contributed by atoms with E-state index in [-0.39, 0.29) is 24.0 Å². The lowest BCUT2D eigenvalue weighted by atomic mass is 9.77. The zero-order valence-electron chi connectivity index (χ0n) is 11.5. The molecule has 0 spiro atoms. The van der Waals surface area contributed by atoms with E-state index in [1.54, 1.807) is 0 Å². The highest BCUT2D eigenvalue weighted by atomic mass is 35.5. The number of hydrogen-bond acceptors (Lipinski definition) is 2. The Morgan fingerprint density at radius 3 is 2.11 bits per heavy atom. The molecule has 1 aliphatic rings. The lowest BCUT2D eigenvalue weighted by Gasteiger charge is -2.31. The van der Waals surface area contributed by atoms with Gasteiger partial charge in [-0.05, 0) is 57.2 Å². The molecule has 2 rings (SSSR count). The molecule has 0 radical (unpaired) electrons. The van der Waals surface area contributed by atoms with Crippen molar-refractivity contribution >= 4 is 12.4 Å². The van der Waals surface area contributed by atoms with Crippen LogP contribution in [-0.4, -0.2) is 5.60 Å². The molecule has 0 aromatic heterocycles. The molecule has 1 aliphatic carbocycles. The first kappa shape index (κ1) is 15.3. The summed E-state index contributed by atoms with van der Waals surface area (Å²) in [5.74, 6) is 1.60. The normalized spacial score (nSPS) is 17.6. The monoisotopic (exact) mass is 269 g/mol. The van der Waals surface area contributed by atoms with E-state index >= 15 is 0 Å². The van der Waals surface area contributed by atoms with Crippen LogP contribution in [0.15, 0.2) is 24.3 Å². The van der Waals surface area contributed by atoms with Crippen LogP contribution in [0.1, 0.15) is 51.6 Å². The minimum Gasteiger partial charge on any atom is -0.488 e. The Bertz CT molecular complexity index is 365. The Morgan fingerprint density at radius 1 is 1.17 bits per heavy atom. The Labute approximate surface area is 116 Å². The van der Waals surface area contributed by atoms with Gasteiger partial charge in [0.2, 0.25) is 0 Å². The molecule has 2 nitrogen and oxygen atoms in total. The molecular formula is C15H24ClNO. The third-order valence-corrected chi connectivity index (χ3v) is 3.35. The maximum Gasteiger partial charge on any atom is 0.120 e. The Balaban J connectivity index is 0.00000162. The van der Waals surface area contributed by atoms with Crippen molar-refractivity contribution in [2.75, 3.05) is 0 Å². The van der Waals surface area contributed by atoms with Crippen LogP contribution in [0, 0.1) is 5.92 Å². The zero-order valence-corrected chi connectivity index (χ0v) is 12.3. The van der Waals surface area contributed by atoms with Gasteiger partial charge in [0.15, 0.2) is 0 Å². The lowest BCUT2D eigenvalue weighted by molar-refractivity contribution is 0.131. The van der Waals surface area contributed by atoms with Crippen LogP contribution in [-0.2, 0) is 0 Å². The number of rotatable bonds is 3. The maximum atomic E-state index is 6.24. The molecule has 3 heteroatoms. The summed E-state index contributed by atoms with van der Waals surface area (Å²) in [5.41, 5.74) is 7.33. The van der Waals surface area contributed by atoms with Gasteiger partial charge in [0, 0.05) is 6.04 Å². The topological polar surface area (TPSA) is 35.2 Å². The summed E-state index contributed by atoms with van der Waals surface area (Å²) in [6.07, 6.45) is 3.90. The molecule has 0 bridgehead atoms. The molecule has 1 aromatic carbocycles. The van der Waals surface area contributed by atoms with Crippen LogP contribution in [0.2, 0.25) is 0 Å². The van der Waals surface area contributed by atoms with E-state index in [0.29, 0.717) is 5.92 Å². The first-order chi connectivity index (χ1) is 7.96. The molecule has 0 aliphatic heterocycles. The quantitative estimate of drug-likeness (QED) is 0.897. The van der Waals surface area contributed by atoms with Crippen molar-refractivity contribution < 1.29 is 4.74 Å². The fourth-order valence-corrected chi connectivity index (χ4v) is 2.18. The number of ether oxygens (including phenoxy) is 1. The van der Waals surface area contributed by atoms with E-state index < -0.39 is 0 Å². The van der Waals surface area contributed by atoms with Gasteiger partial charge in [0.1, 0.15) is 11.4 Å². The Hall–Kier alpha value is -0.730. The molecule has 1 atom stereocenters. The summed E-state index contributed by atoms with van der Waals surface area (Å²) in [7, 11) is 0. The summed E-state index contributed by atoms with van der Waals surface area (Å²) in [6.45, 7) is 6.17. The van der Waals surface area contributed by atoms with E-state index in [1.807, 2.05) is 12.1 Å². The molecule has 1 saturated carbocycles. The van der Waals surface area contributed by atoms with Gasteiger partial charge >= 0.3 is 0 Å². The van der Waals surface area contributed by atoms with Crippen LogP contribution in [0.25, 0.3) is 0 Å². The third-order valence-electron chi connectivity index (χ3n) is 3.35. The molecule has 0 heterocycles. The molecule has 0 amide bonds. The van der Waals surface area contributed by atoms with E-state index in [1.165, 1.54) is 24.8 Å². The molecule has 102 valence electrons. The summed E-state index contributed by atoms with van der Waals surface area (Å²) in [6, 6.07) is 8.46. The molecule has 0 saturated heterocycles. The summed E-state index contributed by atoms with van der Waals surface area (Å²) < 4.78 is 5.80. The fraction of sp³-hybridized carbons (Fsp3) is 0.600. The molecular weight excluding hydrogens is 246 g/mol. The second-order valence-electron chi connectivity index (χ2n) is 6.00. The number of halogens is 1. The minimum atomic E-state index is -0.141. The SMILES string of the molecule is CC(C)(C)Oc1ccc([C@@H](N)C2CCC2)cc1.Cl. The predicted octanol–water partition coefficient (Wildman–Crippen LogP) is 4.09. The van der Waals surface area contributed by atoms with Gasteiger partial charge in [0.05, 0.1) is 0 Å². The van der Waals surface area contributed by atoms with Gasteiger partial charge in [-0.25, -0.2) is 0 Å². The third kappa shape index (κ3) is 3.89. The number of hydrogen-bond donors (Lipinski definition) is 1. The van der Waals surface area contributed by atoms with Crippen LogP contribution in [0.3, 0.4) is 0 Å². The van der Waals surface area contributed by atoms with E-state index in [2.05, 4.69) is 32.9 Å². The van der Waals surface area contributed by atoms with Gasteiger partial charge in [-0.2, -0.15) is 0 Å². The highest BCUT2D eigenvalue weighted by molar-refractivity contribution is 5.85. The van der Waals surface area contributed by atoms with E-state index in [0.717, 1.165) is 5.75 Å². The summed E-state index contributed by atoms with van der Waals surface area (Å²) in [5, 5.41) is 0. The van der Waals surface area contributed by atoms with Gasteiger partial charge < -0.3 is 10.5 Å². The van der Waals surface area contributed by atoms with Crippen LogP contribution >= 0.6 is 12.4 Å². The standard InChI is InChI=1S/C15H23NO.ClH/c1-15(2,3)17-13-9-7-12(8-10-13)14(16)11-5-4-6-11;/h7-11,14H,4-6,16H2,1-3H3;1H/t14-;/m0./s1. The first-order valence-electron chi connectivity index (χ1n) is 6.50. The van der Waals surface area contributed by atoms with E-state index in [9.17, 15) is 0 Å². The van der Waals surface area contributed by atoms with Crippen molar-refractivity contribution in [1.82, 2.24) is 0 Å². The summed E-state index contributed by atoms with van der Waals surface area (Å²) >= 11 is 0. The van der Waals surface area contributed by atoms with Crippen LogP contribution in [0.4, 0.5) is 0 Å². The van der Waals surface area contributed by atoms with Crippen molar-refractivity contribution in [2.24, 2.45) is 11.7 Å². The molecule has 2 N–H and O–H groups in total. The lowest BCUT2D eigenvalue weighted by Crippen LogP contribution is -2.27. The van der Waals surface area contributed by atoms with E-state index in [4.69, 9.17) is 10.5 Å². The van der Waals surface area contributed by atoms with Crippen molar-refractivity contribution in [3.8, 4) is 5.75 Å². The van der Waals surface area contributed by atoms with Crippen LogP contribution in [0.5, 0.6) is 5.75 Å². The Morgan fingerprint density at radius 2 is 1.72 bits per heavy atom. The molecule has 18 heavy (non-hydrogen) atoms. The smallest absolute Gasteiger partial charge is 0.120 e. The average Bonchev–Trinajstić information content (AvgIpc) is 2.13. The highest BCUT2D eigenvalue weighted by Gasteiger charge is 2.25. The zero-order chi connectivity index (χ0) is 12.5. The maximum absolute atomic E-state index is 6.24. The largest absolute Gasteiger partial charge is 0.488 e. The molecule has 1 aromatic rings.